The summed E-state index contributed by atoms with van der Waals surface area (Å²) < 4.78 is 3.31. The molecular weight excluding hydrogens is 312 g/mol. The summed E-state index contributed by atoms with van der Waals surface area (Å²) in [6, 6.07) is 17.0. The SMILES string of the molecule is Cn1cc(CNCc2ccc(Br)cc2)c2ccccc21. The van der Waals surface area contributed by atoms with Gasteiger partial charge in [-0.15, -0.1) is 0 Å². The fourth-order valence-electron chi connectivity index (χ4n) is 2.51. The van der Waals surface area contributed by atoms with Crippen LogP contribution in [0.4, 0.5) is 0 Å². The van der Waals surface area contributed by atoms with Gasteiger partial charge in [0.05, 0.1) is 0 Å². The third kappa shape index (κ3) is 2.79. The molecule has 2 nitrogen and oxygen atoms in total. The van der Waals surface area contributed by atoms with Crippen LogP contribution in [0.2, 0.25) is 0 Å². The van der Waals surface area contributed by atoms with Gasteiger partial charge in [-0.25, -0.2) is 0 Å². The first-order valence-electron chi connectivity index (χ1n) is 6.72. The van der Waals surface area contributed by atoms with Crippen molar-refractivity contribution in [2.75, 3.05) is 0 Å². The van der Waals surface area contributed by atoms with Crippen LogP contribution in [0.3, 0.4) is 0 Å². The molecule has 0 amide bonds. The second kappa shape index (κ2) is 5.81. The number of rotatable bonds is 4. The number of benzene rings is 2. The van der Waals surface area contributed by atoms with E-state index in [4.69, 9.17) is 0 Å². The zero-order chi connectivity index (χ0) is 13.9. The maximum atomic E-state index is 3.51. The zero-order valence-electron chi connectivity index (χ0n) is 11.4. The van der Waals surface area contributed by atoms with Crippen molar-refractivity contribution < 1.29 is 0 Å². The molecule has 0 radical (unpaired) electrons. The lowest BCUT2D eigenvalue weighted by Crippen LogP contribution is -2.12. The maximum absolute atomic E-state index is 3.51. The quantitative estimate of drug-likeness (QED) is 0.758. The Bertz CT molecular complexity index is 713. The summed E-state index contributed by atoms with van der Waals surface area (Å²) in [6.45, 7) is 1.77. The van der Waals surface area contributed by atoms with Gasteiger partial charge in [0, 0.05) is 41.7 Å². The van der Waals surface area contributed by atoms with Crippen LogP contribution in [-0.2, 0) is 20.1 Å². The van der Waals surface area contributed by atoms with E-state index >= 15 is 0 Å². The molecule has 0 aliphatic carbocycles. The molecule has 0 fully saturated rings. The third-order valence-corrected chi connectivity index (χ3v) is 4.07. The molecule has 3 heteroatoms. The molecule has 0 saturated carbocycles. The van der Waals surface area contributed by atoms with Crippen molar-refractivity contribution in [1.29, 1.82) is 0 Å². The van der Waals surface area contributed by atoms with Crippen molar-refractivity contribution in [1.82, 2.24) is 9.88 Å². The number of hydrogen-bond donors (Lipinski definition) is 1. The lowest BCUT2D eigenvalue weighted by molar-refractivity contribution is 0.694. The van der Waals surface area contributed by atoms with E-state index in [1.807, 2.05) is 0 Å². The van der Waals surface area contributed by atoms with Gasteiger partial charge in [-0.2, -0.15) is 0 Å². The summed E-state index contributed by atoms with van der Waals surface area (Å²) in [7, 11) is 2.10. The van der Waals surface area contributed by atoms with Crippen LogP contribution in [0, 0.1) is 0 Å². The molecule has 1 N–H and O–H groups in total. The summed E-state index contributed by atoms with van der Waals surface area (Å²) in [5, 5.41) is 4.85. The lowest BCUT2D eigenvalue weighted by atomic mass is 10.1. The Morgan fingerprint density at radius 1 is 1.00 bits per heavy atom. The molecule has 0 atom stereocenters. The molecule has 1 aromatic heterocycles. The topological polar surface area (TPSA) is 17.0 Å². The molecule has 1 heterocycles. The average molecular weight is 329 g/mol. The van der Waals surface area contributed by atoms with Crippen LogP contribution >= 0.6 is 15.9 Å². The number of nitrogens with zero attached hydrogens (tertiary/aromatic N) is 1. The largest absolute Gasteiger partial charge is 0.350 e. The molecule has 3 aromatic rings. The second-order valence-corrected chi connectivity index (χ2v) is 5.93. The molecular formula is C17H17BrN2. The van der Waals surface area contributed by atoms with Gasteiger partial charge >= 0.3 is 0 Å². The number of para-hydroxylation sites is 1. The zero-order valence-corrected chi connectivity index (χ0v) is 13.0. The Hall–Kier alpha value is -1.58. The lowest BCUT2D eigenvalue weighted by Gasteiger charge is -2.04. The van der Waals surface area contributed by atoms with Crippen LogP contribution in [-0.4, -0.2) is 4.57 Å². The highest BCUT2D eigenvalue weighted by molar-refractivity contribution is 9.10. The van der Waals surface area contributed by atoms with E-state index in [1.165, 1.54) is 22.0 Å². The third-order valence-electron chi connectivity index (χ3n) is 3.54. The van der Waals surface area contributed by atoms with E-state index in [0.717, 1.165) is 17.6 Å². The van der Waals surface area contributed by atoms with Crippen LogP contribution in [0.1, 0.15) is 11.1 Å². The molecule has 0 unspecified atom stereocenters. The van der Waals surface area contributed by atoms with Crippen LogP contribution in [0.25, 0.3) is 10.9 Å². The number of hydrogen-bond acceptors (Lipinski definition) is 1. The van der Waals surface area contributed by atoms with Crippen molar-refractivity contribution in [3.05, 3.63) is 70.3 Å². The molecule has 0 bridgehead atoms. The smallest absolute Gasteiger partial charge is 0.0481 e. The normalized spacial score (nSPS) is 11.1. The van der Waals surface area contributed by atoms with Crippen LogP contribution in [0.15, 0.2) is 59.2 Å². The highest BCUT2D eigenvalue weighted by Gasteiger charge is 2.05. The van der Waals surface area contributed by atoms with Gasteiger partial charge in [-0.3, -0.25) is 0 Å². The van der Waals surface area contributed by atoms with Gasteiger partial charge in [-0.05, 0) is 29.3 Å². The first-order chi connectivity index (χ1) is 9.74. The van der Waals surface area contributed by atoms with E-state index in [9.17, 15) is 0 Å². The van der Waals surface area contributed by atoms with Gasteiger partial charge in [0.2, 0.25) is 0 Å². The summed E-state index contributed by atoms with van der Waals surface area (Å²) in [5.41, 5.74) is 3.93. The summed E-state index contributed by atoms with van der Waals surface area (Å²) >= 11 is 3.46. The van der Waals surface area contributed by atoms with Gasteiger partial charge in [-0.1, -0.05) is 46.3 Å². The minimum Gasteiger partial charge on any atom is -0.350 e. The van der Waals surface area contributed by atoms with Crippen molar-refractivity contribution in [2.45, 2.75) is 13.1 Å². The number of aromatic nitrogens is 1. The van der Waals surface area contributed by atoms with Gasteiger partial charge < -0.3 is 9.88 Å². The van der Waals surface area contributed by atoms with Crippen LogP contribution in [0.5, 0.6) is 0 Å². The second-order valence-electron chi connectivity index (χ2n) is 5.01. The van der Waals surface area contributed by atoms with Crippen molar-refractivity contribution >= 4 is 26.8 Å². The monoisotopic (exact) mass is 328 g/mol. The van der Waals surface area contributed by atoms with E-state index in [0.29, 0.717) is 0 Å². The van der Waals surface area contributed by atoms with Gasteiger partial charge in [0.25, 0.3) is 0 Å². The molecule has 102 valence electrons. The first-order valence-corrected chi connectivity index (χ1v) is 7.51. The summed E-state index contributed by atoms with van der Waals surface area (Å²) in [5.74, 6) is 0. The Kier molecular flexibility index (Phi) is 3.90. The van der Waals surface area contributed by atoms with Gasteiger partial charge in [0.1, 0.15) is 0 Å². The number of aryl methyl sites for hydroxylation is 1. The highest BCUT2D eigenvalue weighted by Crippen LogP contribution is 2.20. The Labute approximate surface area is 127 Å². The maximum Gasteiger partial charge on any atom is 0.0481 e. The number of halogens is 1. The molecule has 3 rings (SSSR count). The standard InChI is InChI=1S/C17H17BrN2/c1-20-12-14(16-4-2-3-5-17(16)20)11-19-10-13-6-8-15(18)9-7-13/h2-9,12,19H,10-11H2,1H3. The predicted octanol–water partition coefficient (Wildman–Crippen LogP) is 4.23. The molecule has 2 aromatic carbocycles. The first kappa shape index (κ1) is 13.4. The fourth-order valence-corrected chi connectivity index (χ4v) is 2.77. The van der Waals surface area contributed by atoms with E-state index in [1.54, 1.807) is 0 Å². The van der Waals surface area contributed by atoms with E-state index in [2.05, 4.69) is 87.6 Å². The van der Waals surface area contributed by atoms with Crippen LogP contribution < -0.4 is 5.32 Å². The molecule has 0 aliphatic rings. The summed E-state index contributed by atoms with van der Waals surface area (Å²) in [4.78, 5) is 0. The van der Waals surface area contributed by atoms with Crippen molar-refractivity contribution in [3.8, 4) is 0 Å². The van der Waals surface area contributed by atoms with Crippen molar-refractivity contribution in [2.24, 2.45) is 7.05 Å². The highest BCUT2D eigenvalue weighted by atomic mass is 79.9. The van der Waals surface area contributed by atoms with Crippen molar-refractivity contribution in [3.63, 3.8) is 0 Å². The Morgan fingerprint density at radius 3 is 2.55 bits per heavy atom. The summed E-state index contributed by atoms with van der Waals surface area (Å²) in [6.07, 6.45) is 2.21. The Balaban J connectivity index is 1.70. The minimum atomic E-state index is 0.885. The molecule has 0 saturated heterocycles. The molecule has 0 spiro atoms. The van der Waals surface area contributed by atoms with E-state index < -0.39 is 0 Å². The fraction of sp³-hybridized carbons (Fsp3) is 0.176. The number of nitrogens with one attached hydrogen (secondary N) is 1. The average Bonchev–Trinajstić information content (AvgIpc) is 2.79. The molecule has 0 aliphatic heterocycles. The molecule has 20 heavy (non-hydrogen) atoms. The van der Waals surface area contributed by atoms with Gasteiger partial charge in [0.15, 0.2) is 0 Å². The minimum absolute atomic E-state index is 0.885. The number of fused-ring (bicyclic) bond motifs is 1. The Morgan fingerprint density at radius 2 is 1.75 bits per heavy atom. The predicted molar refractivity (Wildman–Crippen MR) is 87.6 cm³/mol. The van der Waals surface area contributed by atoms with E-state index in [-0.39, 0.29) is 0 Å².